The van der Waals surface area contributed by atoms with Gasteiger partial charge in [0.15, 0.2) is 13.6 Å². The van der Waals surface area contributed by atoms with Crippen LogP contribution in [0, 0.1) is 0 Å². The summed E-state index contributed by atoms with van der Waals surface area (Å²) in [5.41, 5.74) is 2.86. The molecule has 0 N–H and O–H groups in total. The van der Waals surface area contributed by atoms with Gasteiger partial charge in [-0.05, 0) is 22.7 Å². The lowest BCUT2D eigenvalue weighted by Gasteiger charge is -2.39. The summed E-state index contributed by atoms with van der Waals surface area (Å²) in [5.74, 6) is 0.791. The zero-order valence-corrected chi connectivity index (χ0v) is 12.9. The number of rotatable bonds is 5. The minimum absolute atomic E-state index is 0.624. The minimum atomic E-state index is -1.72. The van der Waals surface area contributed by atoms with Crippen LogP contribution in [-0.4, -0.2) is 13.1 Å². The van der Waals surface area contributed by atoms with Gasteiger partial charge in [-0.3, -0.25) is 0 Å². The van der Waals surface area contributed by atoms with Gasteiger partial charge in [-0.1, -0.05) is 48.1 Å². The zero-order valence-electron chi connectivity index (χ0n) is 11.9. The SMILES string of the molecule is C=Cc1cnc([Si](C(C)C)(C(C)C)C(C)C)o1. The second kappa shape index (κ2) is 5.21. The molecule has 0 radical (unpaired) electrons. The maximum Gasteiger partial charge on any atom is 0.167 e. The Labute approximate surface area is 106 Å². The molecule has 0 amide bonds. The second-order valence-corrected chi connectivity index (χ2v) is 11.4. The van der Waals surface area contributed by atoms with Crippen LogP contribution in [0.4, 0.5) is 0 Å². The fourth-order valence-electron chi connectivity index (χ4n) is 3.32. The highest BCUT2D eigenvalue weighted by atomic mass is 28.3. The van der Waals surface area contributed by atoms with E-state index in [1.807, 2.05) is 0 Å². The molecule has 0 aliphatic rings. The predicted molar refractivity (Wildman–Crippen MR) is 77.3 cm³/mol. The summed E-state index contributed by atoms with van der Waals surface area (Å²) in [6.07, 6.45) is 3.54. The number of hydrogen-bond donors (Lipinski definition) is 0. The average Bonchev–Trinajstić information content (AvgIpc) is 2.65. The van der Waals surface area contributed by atoms with Crippen molar-refractivity contribution < 1.29 is 4.42 Å². The number of nitrogens with zero attached hydrogens (tertiary/aromatic N) is 1. The summed E-state index contributed by atoms with van der Waals surface area (Å²) in [6, 6.07) is 0. The highest BCUT2D eigenvalue weighted by Crippen LogP contribution is 2.40. The Morgan fingerprint density at radius 3 is 1.88 bits per heavy atom. The van der Waals surface area contributed by atoms with Gasteiger partial charge < -0.3 is 4.42 Å². The summed E-state index contributed by atoms with van der Waals surface area (Å²) < 4.78 is 5.91. The lowest BCUT2D eigenvalue weighted by molar-refractivity contribution is 0.571. The molecular weight excluding hydrogens is 226 g/mol. The van der Waals surface area contributed by atoms with Crippen molar-refractivity contribution in [3.05, 3.63) is 18.5 Å². The van der Waals surface area contributed by atoms with Gasteiger partial charge in [0, 0.05) is 0 Å². The molecule has 1 aromatic rings. The largest absolute Gasteiger partial charge is 0.446 e. The van der Waals surface area contributed by atoms with E-state index in [4.69, 9.17) is 4.42 Å². The third kappa shape index (κ3) is 2.25. The van der Waals surface area contributed by atoms with E-state index < -0.39 is 8.07 Å². The van der Waals surface area contributed by atoms with Crippen LogP contribution in [0.15, 0.2) is 17.2 Å². The highest BCUT2D eigenvalue weighted by molar-refractivity contribution is 6.93. The number of oxazole rings is 1. The summed E-state index contributed by atoms with van der Waals surface area (Å²) in [6.45, 7) is 17.6. The van der Waals surface area contributed by atoms with Crippen LogP contribution < -0.4 is 5.51 Å². The smallest absolute Gasteiger partial charge is 0.167 e. The van der Waals surface area contributed by atoms with Crippen molar-refractivity contribution in [1.29, 1.82) is 0 Å². The molecule has 2 nitrogen and oxygen atoms in total. The highest BCUT2D eigenvalue weighted by Gasteiger charge is 2.48. The van der Waals surface area contributed by atoms with E-state index in [1.165, 1.54) is 0 Å². The molecule has 0 unspecified atom stereocenters. The van der Waals surface area contributed by atoms with Crippen LogP contribution in [0.3, 0.4) is 0 Å². The first-order chi connectivity index (χ1) is 7.87. The first-order valence-corrected chi connectivity index (χ1v) is 8.69. The van der Waals surface area contributed by atoms with Crippen LogP contribution >= 0.6 is 0 Å². The quantitative estimate of drug-likeness (QED) is 0.733. The molecular formula is C14H25NOSi. The standard InChI is InChI=1S/C14H25NOSi/c1-8-13-9-15-14(16-13)17(10(2)3,11(4)5)12(6)7/h8-12H,1H2,2-7H3. The number of hydrogen-bond acceptors (Lipinski definition) is 2. The maximum atomic E-state index is 5.91. The normalized spacial score (nSPS) is 12.8. The van der Waals surface area contributed by atoms with Gasteiger partial charge in [-0.15, -0.1) is 0 Å². The molecule has 0 aliphatic heterocycles. The Kier molecular flexibility index (Phi) is 4.36. The van der Waals surface area contributed by atoms with E-state index in [2.05, 4.69) is 53.1 Å². The van der Waals surface area contributed by atoms with Gasteiger partial charge in [0.25, 0.3) is 0 Å². The molecule has 0 spiro atoms. The Morgan fingerprint density at radius 1 is 1.12 bits per heavy atom. The third-order valence-electron chi connectivity index (χ3n) is 3.96. The van der Waals surface area contributed by atoms with Crippen molar-refractivity contribution in [3.8, 4) is 0 Å². The van der Waals surface area contributed by atoms with E-state index in [1.54, 1.807) is 12.3 Å². The van der Waals surface area contributed by atoms with Gasteiger partial charge in [0.05, 0.1) is 6.20 Å². The first-order valence-electron chi connectivity index (χ1n) is 6.46. The molecule has 96 valence electrons. The molecule has 0 aromatic carbocycles. The molecule has 1 heterocycles. The van der Waals surface area contributed by atoms with Gasteiger partial charge in [-0.2, -0.15) is 0 Å². The molecule has 0 aliphatic carbocycles. The topological polar surface area (TPSA) is 26.0 Å². The molecule has 0 saturated carbocycles. The van der Waals surface area contributed by atoms with Gasteiger partial charge in [-0.25, -0.2) is 4.98 Å². The minimum Gasteiger partial charge on any atom is -0.446 e. The number of aromatic nitrogens is 1. The maximum absolute atomic E-state index is 5.91. The molecule has 0 atom stereocenters. The third-order valence-corrected chi connectivity index (χ3v) is 10.7. The Hall–Kier alpha value is -0.833. The van der Waals surface area contributed by atoms with Crippen LogP contribution in [0.5, 0.6) is 0 Å². The molecule has 3 heteroatoms. The summed E-state index contributed by atoms with van der Waals surface area (Å²) in [5, 5.41) is 0. The lowest BCUT2D eigenvalue weighted by atomic mass is 10.5. The molecule has 0 bridgehead atoms. The van der Waals surface area contributed by atoms with Gasteiger partial charge in [0.1, 0.15) is 5.76 Å². The fourth-order valence-corrected chi connectivity index (χ4v) is 9.39. The average molecular weight is 251 g/mol. The van der Waals surface area contributed by atoms with Crippen molar-refractivity contribution in [2.45, 2.75) is 58.2 Å². The summed E-state index contributed by atoms with van der Waals surface area (Å²) >= 11 is 0. The second-order valence-electron chi connectivity index (χ2n) is 5.67. The van der Waals surface area contributed by atoms with E-state index in [0.717, 1.165) is 11.3 Å². The van der Waals surface area contributed by atoms with Gasteiger partial charge in [0.2, 0.25) is 0 Å². The molecule has 1 aromatic heterocycles. The van der Waals surface area contributed by atoms with E-state index in [-0.39, 0.29) is 0 Å². The Balaban J connectivity index is 3.35. The van der Waals surface area contributed by atoms with Crippen molar-refractivity contribution in [3.63, 3.8) is 0 Å². The lowest BCUT2D eigenvalue weighted by Crippen LogP contribution is -2.56. The van der Waals surface area contributed by atoms with Crippen LogP contribution in [0.25, 0.3) is 6.08 Å². The summed E-state index contributed by atoms with van der Waals surface area (Å²) in [7, 11) is -1.72. The van der Waals surface area contributed by atoms with Gasteiger partial charge >= 0.3 is 0 Å². The molecule has 17 heavy (non-hydrogen) atoms. The Bertz CT molecular complexity index is 358. The molecule has 1 rings (SSSR count). The summed E-state index contributed by atoms with van der Waals surface area (Å²) in [4.78, 5) is 4.55. The van der Waals surface area contributed by atoms with E-state index in [9.17, 15) is 0 Å². The van der Waals surface area contributed by atoms with Crippen LogP contribution in [-0.2, 0) is 0 Å². The monoisotopic (exact) mass is 251 g/mol. The van der Waals surface area contributed by atoms with Crippen molar-refractivity contribution in [2.24, 2.45) is 0 Å². The molecule has 0 saturated heterocycles. The van der Waals surface area contributed by atoms with Crippen molar-refractivity contribution in [2.75, 3.05) is 0 Å². The van der Waals surface area contributed by atoms with Crippen LogP contribution in [0.1, 0.15) is 47.3 Å². The molecule has 0 fully saturated rings. The van der Waals surface area contributed by atoms with Crippen LogP contribution in [0.2, 0.25) is 16.6 Å². The first kappa shape index (κ1) is 14.2. The van der Waals surface area contributed by atoms with Crippen molar-refractivity contribution >= 4 is 19.7 Å². The Morgan fingerprint density at radius 2 is 1.59 bits per heavy atom. The zero-order chi connectivity index (χ0) is 13.2. The van der Waals surface area contributed by atoms with E-state index in [0.29, 0.717) is 16.6 Å². The predicted octanol–water partition coefficient (Wildman–Crippen LogP) is 4.20. The fraction of sp³-hybridized carbons (Fsp3) is 0.643. The van der Waals surface area contributed by atoms with Crippen molar-refractivity contribution in [1.82, 2.24) is 4.98 Å². The van der Waals surface area contributed by atoms with E-state index >= 15 is 0 Å².